The van der Waals surface area contributed by atoms with Crippen LogP contribution in [-0.4, -0.2) is 48.7 Å². The number of rotatable bonds is 12. The largest absolute Gasteiger partial charge is 0.352 e. The van der Waals surface area contributed by atoms with Crippen LogP contribution in [0.4, 0.5) is 11.4 Å². The highest BCUT2D eigenvalue weighted by Gasteiger charge is 2.35. The minimum absolute atomic E-state index is 0.0118. The molecule has 0 aliphatic heterocycles. The topological polar surface area (TPSA) is 130 Å². The molecule has 0 unspecified atom stereocenters. The minimum Gasteiger partial charge on any atom is -0.352 e. The van der Waals surface area contributed by atoms with Crippen LogP contribution in [0, 0.1) is 10.1 Å². The number of nitrogens with one attached hydrogen (secondary N) is 1. The van der Waals surface area contributed by atoms with Gasteiger partial charge in [-0.3, -0.25) is 24.0 Å². The summed E-state index contributed by atoms with van der Waals surface area (Å²) in [6, 6.07) is 16.4. The lowest BCUT2D eigenvalue weighted by Gasteiger charge is -2.34. The molecule has 43 heavy (non-hydrogen) atoms. The monoisotopic (exact) mass is 646 g/mol. The maximum absolute atomic E-state index is 14.2. The average Bonchev–Trinajstić information content (AvgIpc) is 3.50. The van der Waals surface area contributed by atoms with E-state index in [0.29, 0.717) is 5.56 Å². The fourth-order valence-corrected chi connectivity index (χ4v) is 7.09. The van der Waals surface area contributed by atoms with E-state index in [0.717, 1.165) is 36.1 Å². The van der Waals surface area contributed by atoms with Gasteiger partial charge in [0, 0.05) is 40.3 Å². The van der Waals surface area contributed by atoms with Crippen molar-refractivity contribution in [3.63, 3.8) is 0 Å². The number of benzene rings is 3. The Kier molecular flexibility index (Phi) is 10.6. The average molecular weight is 648 g/mol. The van der Waals surface area contributed by atoms with Crippen LogP contribution in [-0.2, 0) is 26.2 Å². The maximum Gasteiger partial charge on any atom is 0.271 e. The molecular formula is C30H32Cl2N4O6S. The molecule has 0 spiro atoms. The Morgan fingerprint density at radius 2 is 1.63 bits per heavy atom. The Morgan fingerprint density at radius 1 is 1.00 bits per heavy atom. The van der Waals surface area contributed by atoms with Crippen molar-refractivity contribution in [3.05, 3.63) is 98.5 Å². The first-order valence-corrected chi connectivity index (χ1v) is 16.1. The SMILES string of the molecule is CC[C@H](C(=O)NC1CCCC1)N(Cc1c(Cl)cccc1Cl)C(=O)CN(c1cccc([N+](=O)[O-])c1)S(=O)(=O)c1ccccc1. The maximum atomic E-state index is 14.2. The molecule has 0 saturated heterocycles. The van der Waals surface area contributed by atoms with E-state index in [1.807, 2.05) is 0 Å². The number of non-ortho nitro benzene ring substituents is 1. The molecule has 3 aromatic rings. The standard InChI is InChI=1S/C30H32Cl2N4O6S/c1-2-28(30(38)33-21-10-6-7-11-21)34(19-25-26(31)16-9-17-27(25)32)29(37)20-35(22-12-8-13-23(18-22)36(39)40)43(41,42)24-14-4-3-5-15-24/h3-5,8-9,12-18,21,28H,2,6-7,10-11,19-20H2,1H3,(H,33,38)/t28-/m1/s1. The highest BCUT2D eigenvalue weighted by Crippen LogP contribution is 2.30. The molecule has 1 saturated carbocycles. The normalized spacial score (nSPS) is 14.2. The van der Waals surface area contributed by atoms with Gasteiger partial charge in [-0.05, 0) is 49.6 Å². The van der Waals surface area contributed by atoms with Crippen molar-refractivity contribution in [2.24, 2.45) is 0 Å². The highest BCUT2D eigenvalue weighted by molar-refractivity contribution is 7.92. The van der Waals surface area contributed by atoms with Gasteiger partial charge in [-0.25, -0.2) is 8.42 Å². The molecule has 0 bridgehead atoms. The number of nitrogens with zero attached hydrogens (tertiary/aromatic N) is 3. The van der Waals surface area contributed by atoms with Crippen molar-refractivity contribution in [2.45, 2.75) is 62.6 Å². The Hall–Kier alpha value is -3.67. The van der Waals surface area contributed by atoms with E-state index < -0.39 is 33.4 Å². The van der Waals surface area contributed by atoms with E-state index in [4.69, 9.17) is 23.2 Å². The lowest BCUT2D eigenvalue weighted by Crippen LogP contribution is -2.53. The van der Waals surface area contributed by atoms with Gasteiger partial charge in [-0.1, -0.05) is 73.3 Å². The number of amides is 2. The van der Waals surface area contributed by atoms with Crippen LogP contribution in [0.3, 0.4) is 0 Å². The summed E-state index contributed by atoms with van der Waals surface area (Å²) in [5.41, 5.74) is -0.0232. The number of carbonyl (C=O) groups excluding carboxylic acids is 2. The third-order valence-electron chi connectivity index (χ3n) is 7.42. The summed E-state index contributed by atoms with van der Waals surface area (Å²) in [5.74, 6) is -1.07. The summed E-state index contributed by atoms with van der Waals surface area (Å²) in [6.45, 7) is 0.849. The van der Waals surface area contributed by atoms with Crippen molar-refractivity contribution < 1.29 is 22.9 Å². The fraction of sp³-hybridized carbons (Fsp3) is 0.333. The van der Waals surface area contributed by atoms with Gasteiger partial charge in [-0.15, -0.1) is 0 Å². The number of anilines is 1. The number of nitro groups is 1. The first-order chi connectivity index (χ1) is 20.5. The van der Waals surface area contributed by atoms with Crippen molar-refractivity contribution >= 4 is 56.4 Å². The van der Waals surface area contributed by atoms with Crippen molar-refractivity contribution in [1.82, 2.24) is 10.2 Å². The molecule has 1 N–H and O–H groups in total. The number of hydrogen-bond donors (Lipinski definition) is 1. The molecule has 0 radical (unpaired) electrons. The quantitative estimate of drug-likeness (QED) is 0.191. The Balaban J connectivity index is 1.77. The summed E-state index contributed by atoms with van der Waals surface area (Å²) in [7, 11) is -4.38. The first kappa shape index (κ1) is 32.2. The van der Waals surface area contributed by atoms with Crippen LogP contribution in [0.1, 0.15) is 44.6 Å². The van der Waals surface area contributed by atoms with Crippen molar-refractivity contribution in [1.29, 1.82) is 0 Å². The van der Waals surface area contributed by atoms with Crippen LogP contribution in [0.2, 0.25) is 10.0 Å². The zero-order valence-corrected chi connectivity index (χ0v) is 25.8. The Bertz CT molecular complexity index is 1560. The second kappa shape index (κ2) is 14.2. The molecule has 228 valence electrons. The van der Waals surface area contributed by atoms with Gasteiger partial charge in [-0.2, -0.15) is 0 Å². The van der Waals surface area contributed by atoms with E-state index in [9.17, 15) is 28.1 Å². The molecule has 0 aromatic heterocycles. The molecule has 0 heterocycles. The summed E-state index contributed by atoms with van der Waals surface area (Å²) in [6.07, 6.45) is 3.89. The third kappa shape index (κ3) is 7.65. The number of sulfonamides is 1. The summed E-state index contributed by atoms with van der Waals surface area (Å²) < 4.78 is 28.6. The molecule has 3 aromatic carbocycles. The van der Waals surface area contributed by atoms with Crippen LogP contribution in [0.15, 0.2) is 77.7 Å². The lowest BCUT2D eigenvalue weighted by molar-refractivity contribution is -0.384. The van der Waals surface area contributed by atoms with E-state index in [1.165, 1.54) is 47.4 Å². The Labute approximate surface area is 260 Å². The van der Waals surface area contributed by atoms with E-state index in [-0.39, 0.29) is 51.2 Å². The summed E-state index contributed by atoms with van der Waals surface area (Å²) in [4.78, 5) is 39.8. The van der Waals surface area contributed by atoms with E-state index in [1.54, 1.807) is 31.2 Å². The van der Waals surface area contributed by atoms with Gasteiger partial charge >= 0.3 is 0 Å². The molecular weight excluding hydrogens is 615 g/mol. The lowest BCUT2D eigenvalue weighted by atomic mass is 10.1. The van der Waals surface area contributed by atoms with Gasteiger partial charge in [0.2, 0.25) is 11.8 Å². The predicted molar refractivity (Wildman–Crippen MR) is 166 cm³/mol. The molecule has 1 aliphatic rings. The number of halogens is 2. The van der Waals surface area contributed by atoms with Gasteiger partial charge < -0.3 is 10.2 Å². The number of carbonyl (C=O) groups is 2. The smallest absolute Gasteiger partial charge is 0.271 e. The fourth-order valence-electron chi connectivity index (χ4n) is 5.15. The first-order valence-electron chi connectivity index (χ1n) is 13.9. The van der Waals surface area contributed by atoms with Crippen LogP contribution >= 0.6 is 23.2 Å². The molecule has 1 atom stereocenters. The van der Waals surface area contributed by atoms with Crippen LogP contribution in [0.5, 0.6) is 0 Å². The van der Waals surface area contributed by atoms with Crippen molar-refractivity contribution in [2.75, 3.05) is 10.8 Å². The van der Waals surface area contributed by atoms with Gasteiger partial charge in [0.15, 0.2) is 0 Å². The van der Waals surface area contributed by atoms with Crippen molar-refractivity contribution in [3.8, 4) is 0 Å². The number of nitro benzene ring substituents is 1. The molecule has 1 aliphatic carbocycles. The van der Waals surface area contributed by atoms with Crippen LogP contribution in [0.25, 0.3) is 0 Å². The second-order valence-corrected chi connectivity index (χ2v) is 12.9. The van der Waals surface area contributed by atoms with Gasteiger partial charge in [0.25, 0.3) is 15.7 Å². The van der Waals surface area contributed by atoms with E-state index >= 15 is 0 Å². The molecule has 10 nitrogen and oxygen atoms in total. The molecule has 13 heteroatoms. The molecule has 4 rings (SSSR count). The summed E-state index contributed by atoms with van der Waals surface area (Å²) >= 11 is 12.9. The predicted octanol–water partition coefficient (Wildman–Crippen LogP) is 5.96. The molecule has 2 amide bonds. The number of hydrogen-bond acceptors (Lipinski definition) is 6. The third-order valence-corrected chi connectivity index (χ3v) is 9.91. The zero-order valence-electron chi connectivity index (χ0n) is 23.5. The summed E-state index contributed by atoms with van der Waals surface area (Å²) in [5, 5.41) is 15.1. The second-order valence-electron chi connectivity index (χ2n) is 10.2. The minimum atomic E-state index is -4.38. The van der Waals surface area contributed by atoms with E-state index in [2.05, 4.69) is 5.32 Å². The van der Waals surface area contributed by atoms with Crippen LogP contribution < -0.4 is 9.62 Å². The van der Waals surface area contributed by atoms with Gasteiger partial charge in [0.05, 0.1) is 15.5 Å². The zero-order chi connectivity index (χ0) is 31.1. The van der Waals surface area contributed by atoms with Gasteiger partial charge in [0.1, 0.15) is 12.6 Å². The highest BCUT2D eigenvalue weighted by atomic mass is 35.5. The Morgan fingerprint density at radius 3 is 2.23 bits per heavy atom. The molecule has 1 fully saturated rings.